The highest BCUT2D eigenvalue weighted by Gasteiger charge is 2.37. The Hall–Kier alpha value is -2.18. The number of piperidine rings is 1. The van der Waals surface area contributed by atoms with Crippen molar-refractivity contribution in [2.24, 2.45) is 11.8 Å². The van der Waals surface area contributed by atoms with Crippen LogP contribution in [0.25, 0.3) is 0 Å². The molecule has 0 saturated carbocycles. The molecule has 1 amide bonds. The van der Waals surface area contributed by atoms with Gasteiger partial charge in [-0.05, 0) is 32.6 Å². The van der Waals surface area contributed by atoms with Crippen molar-refractivity contribution in [3.8, 4) is 0 Å². The van der Waals surface area contributed by atoms with Crippen LogP contribution in [-0.4, -0.2) is 45.1 Å². The van der Waals surface area contributed by atoms with Crippen molar-refractivity contribution in [1.29, 1.82) is 0 Å². The molecule has 0 spiro atoms. The molecule has 0 aromatic carbocycles. The van der Waals surface area contributed by atoms with Crippen molar-refractivity contribution in [3.05, 3.63) is 23.9 Å². The molecule has 1 aliphatic carbocycles. The van der Waals surface area contributed by atoms with E-state index in [9.17, 15) is 14.7 Å². The number of carbonyl (C=O) groups excluding carboxylic acids is 1. The Kier molecular flexibility index (Phi) is 4.45. The molecule has 1 aromatic rings. The summed E-state index contributed by atoms with van der Waals surface area (Å²) in [7, 11) is 0. The molecular weight excluding hydrogens is 298 g/mol. The lowest BCUT2D eigenvalue weighted by atomic mass is 9.81. The highest BCUT2D eigenvalue weighted by molar-refractivity contribution is 5.85. The molecule has 0 unspecified atom stereocenters. The van der Waals surface area contributed by atoms with Gasteiger partial charge in [0.2, 0.25) is 11.8 Å². The Bertz CT molecular complexity index is 617. The first-order chi connectivity index (χ1) is 11.1. The predicted octanol–water partition coefficient (Wildman–Crippen LogP) is 1.75. The number of hydrogen-bond acceptors (Lipinski definition) is 5. The largest absolute Gasteiger partial charge is 0.481 e. The maximum atomic E-state index is 12.7. The van der Waals surface area contributed by atoms with E-state index in [0.717, 1.165) is 12.8 Å². The van der Waals surface area contributed by atoms with Crippen LogP contribution in [-0.2, 0) is 9.59 Å². The monoisotopic (exact) mass is 319 g/mol. The fourth-order valence-electron chi connectivity index (χ4n) is 3.42. The minimum absolute atomic E-state index is 0.0399. The van der Waals surface area contributed by atoms with Gasteiger partial charge in [0.1, 0.15) is 0 Å². The van der Waals surface area contributed by atoms with E-state index < -0.39 is 17.8 Å². The molecule has 3 rings (SSSR count). The van der Waals surface area contributed by atoms with Gasteiger partial charge >= 0.3 is 5.97 Å². The van der Waals surface area contributed by atoms with Crippen LogP contribution in [0.4, 0.5) is 0 Å². The number of nitrogens with zero attached hydrogens (tertiary/aromatic N) is 3. The number of carboxylic acid groups (broad SMARTS) is 1. The summed E-state index contributed by atoms with van der Waals surface area (Å²) in [6.45, 7) is 3.00. The lowest BCUT2D eigenvalue weighted by Crippen LogP contribution is -2.45. The van der Waals surface area contributed by atoms with Crippen LogP contribution in [0.3, 0.4) is 0 Å². The second-order valence-corrected chi connectivity index (χ2v) is 6.27. The number of carboxylic acids is 1. The SMILES string of the molecule is Cc1noc(C2CCN(C(=O)[C@@H]3CC=CC[C@H]3C(=O)O)CC2)n1. The third-order valence-corrected chi connectivity index (χ3v) is 4.77. The number of allylic oxidation sites excluding steroid dienone is 2. The maximum absolute atomic E-state index is 12.7. The van der Waals surface area contributed by atoms with Crippen molar-refractivity contribution in [2.75, 3.05) is 13.1 Å². The number of rotatable bonds is 3. The molecule has 1 aliphatic heterocycles. The topological polar surface area (TPSA) is 96.5 Å². The van der Waals surface area contributed by atoms with E-state index in [1.54, 1.807) is 11.8 Å². The number of likely N-dealkylation sites (tertiary alicyclic amines) is 1. The molecular formula is C16H21N3O4. The molecule has 1 N–H and O–H groups in total. The molecule has 124 valence electrons. The average Bonchev–Trinajstić information content (AvgIpc) is 3.01. The Morgan fingerprint density at radius 1 is 1.22 bits per heavy atom. The molecule has 23 heavy (non-hydrogen) atoms. The lowest BCUT2D eigenvalue weighted by Gasteiger charge is -2.35. The lowest BCUT2D eigenvalue weighted by molar-refractivity contribution is -0.151. The molecule has 2 aliphatic rings. The Labute approximate surface area is 134 Å². The first-order valence-corrected chi connectivity index (χ1v) is 8.03. The first kappa shape index (κ1) is 15.7. The van der Waals surface area contributed by atoms with E-state index in [-0.39, 0.29) is 11.8 Å². The zero-order valence-corrected chi connectivity index (χ0v) is 13.1. The van der Waals surface area contributed by atoms with E-state index in [1.807, 2.05) is 12.2 Å². The maximum Gasteiger partial charge on any atom is 0.307 e. The average molecular weight is 319 g/mol. The minimum atomic E-state index is -0.885. The van der Waals surface area contributed by atoms with Crippen molar-refractivity contribution >= 4 is 11.9 Å². The smallest absolute Gasteiger partial charge is 0.307 e. The molecule has 0 radical (unpaired) electrons. The summed E-state index contributed by atoms with van der Waals surface area (Å²) in [5.74, 6) is -0.536. The van der Waals surface area contributed by atoms with Gasteiger partial charge in [0.25, 0.3) is 0 Å². The van der Waals surface area contributed by atoms with Gasteiger partial charge in [-0.2, -0.15) is 4.98 Å². The highest BCUT2D eigenvalue weighted by atomic mass is 16.5. The van der Waals surface area contributed by atoms with Gasteiger partial charge < -0.3 is 14.5 Å². The zero-order chi connectivity index (χ0) is 16.4. The fraction of sp³-hybridized carbons (Fsp3) is 0.625. The van der Waals surface area contributed by atoms with Crippen LogP contribution < -0.4 is 0 Å². The molecule has 1 aromatic heterocycles. The Morgan fingerprint density at radius 3 is 2.43 bits per heavy atom. The number of amides is 1. The summed E-state index contributed by atoms with van der Waals surface area (Å²) in [5, 5.41) is 13.1. The van der Waals surface area contributed by atoms with Crippen molar-refractivity contribution in [1.82, 2.24) is 15.0 Å². The van der Waals surface area contributed by atoms with Crippen LogP contribution in [0, 0.1) is 18.8 Å². The van der Waals surface area contributed by atoms with Crippen LogP contribution in [0.5, 0.6) is 0 Å². The third-order valence-electron chi connectivity index (χ3n) is 4.77. The van der Waals surface area contributed by atoms with Gasteiger partial charge in [0.15, 0.2) is 5.82 Å². The summed E-state index contributed by atoms with van der Waals surface area (Å²) >= 11 is 0. The zero-order valence-electron chi connectivity index (χ0n) is 13.1. The summed E-state index contributed by atoms with van der Waals surface area (Å²) in [5.41, 5.74) is 0. The van der Waals surface area contributed by atoms with Gasteiger partial charge in [-0.3, -0.25) is 9.59 Å². The fourth-order valence-corrected chi connectivity index (χ4v) is 3.42. The number of carbonyl (C=O) groups is 2. The van der Waals surface area contributed by atoms with Gasteiger partial charge in [0.05, 0.1) is 11.8 Å². The summed E-state index contributed by atoms with van der Waals surface area (Å²) < 4.78 is 5.21. The van der Waals surface area contributed by atoms with E-state index in [0.29, 0.717) is 37.6 Å². The molecule has 1 fully saturated rings. The normalized spacial score (nSPS) is 25.5. The second-order valence-electron chi connectivity index (χ2n) is 6.27. The third kappa shape index (κ3) is 3.28. The summed E-state index contributed by atoms with van der Waals surface area (Å²) in [6.07, 6.45) is 6.26. The Balaban J connectivity index is 1.61. The molecule has 7 nitrogen and oxygen atoms in total. The first-order valence-electron chi connectivity index (χ1n) is 8.03. The van der Waals surface area contributed by atoms with E-state index in [4.69, 9.17) is 4.52 Å². The molecule has 2 atom stereocenters. The molecule has 0 bridgehead atoms. The number of aryl methyl sites for hydroxylation is 1. The van der Waals surface area contributed by atoms with Crippen molar-refractivity contribution < 1.29 is 19.2 Å². The molecule has 7 heteroatoms. The molecule has 2 heterocycles. The van der Waals surface area contributed by atoms with E-state index in [1.165, 1.54) is 0 Å². The predicted molar refractivity (Wildman–Crippen MR) is 80.6 cm³/mol. The number of aromatic nitrogens is 2. The second kappa shape index (κ2) is 6.52. The van der Waals surface area contributed by atoms with Gasteiger partial charge in [-0.1, -0.05) is 17.3 Å². The van der Waals surface area contributed by atoms with Crippen LogP contribution in [0.15, 0.2) is 16.7 Å². The number of aliphatic carboxylic acids is 1. The van der Waals surface area contributed by atoms with Crippen LogP contribution in [0.2, 0.25) is 0 Å². The van der Waals surface area contributed by atoms with Gasteiger partial charge in [-0.25, -0.2) is 0 Å². The van der Waals surface area contributed by atoms with Gasteiger partial charge in [-0.15, -0.1) is 0 Å². The summed E-state index contributed by atoms with van der Waals surface area (Å²) in [6, 6.07) is 0. The Morgan fingerprint density at radius 2 is 1.87 bits per heavy atom. The van der Waals surface area contributed by atoms with Crippen LogP contribution >= 0.6 is 0 Å². The highest BCUT2D eigenvalue weighted by Crippen LogP contribution is 2.31. The molecule has 1 saturated heterocycles. The van der Waals surface area contributed by atoms with E-state index in [2.05, 4.69) is 10.1 Å². The standard InChI is InChI=1S/C16H21N3O4/c1-10-17-14(23-18-10)11-6-8-19(9-7-11)15(20)12-4-2-3-5-13(12)16(21)22/h2-3,11-13H,4-9H2,1H3,(H,21,22)/t12-,13-/m1/s1. The van der Waals surface area contributed by atoms with Crippen molar-refractivity contribution in [2.45, 2.75) is 38.5 Å². The van der Waals surface area contributed by atoms with E-state index >= 15 is 0 Å². The minimum Gasteiger partial charge on any atom is -0.481 e. The number of hydrogen-bond donors (Lipinski definition) is 1. The van der Waals surface area contributed by atoms with Crippen LogP contribution in [0.1, 0.15) is 43.3 Å². The van der Waals surface area contributed by atoms with Gasteiger partial charge in [0, 0.05) is 19.0 Å². The summed E-state index contributed by atoms with van der Waals surface area (Å²) in [4.78, 5) is 30.1. The van der Waals surface area contributed by atoms with Crippen molar-refractivity contribution in [3.63, 3.8) is 0 Å². The quantitative estimate of drug-likeness (QED) is 0.853.